The highest BCUT2D eigenvalue weighted by atomic mass is 19.1. The van der Waals surface area contributed by atoms with Crippen LogP contribution in [-0.2, 0) is 6.42 Å². The summed E-state index contributed by atoms with van der Waals surface area (Å²) in [4.78, 5) is 18.2. The van der Waals surface area contributed by atoms with Crippen LogP contribution in [0.25, 0.3) is 0 Å². The number of benzene rings is 1. The molecule has 4 nitrogen and oxygen atoms in total. The molecule has 2 heterocycles. The third kappa shape index (κ3) is 4.13. The van der Waals surface area contributed by atoms with Crippen LogP contribution < -0.4 is 0 Å². The van der Waals surface area contributed by atoms with Gasteiger partial charge in [-0.25, -0.2) is 13.8 Å². The van der Waals surface area contributed by atoms with Gasteiger partial charge in [0.05, 0.1) is 6.20 Å². The van der Waals surface area contributed by atoms with Gasteiger partial charge in [0.2, 0.25) is 0 Å². The molecule has 2 aromatic rings. The molecular formula is C19H20F2N2O2. The Kier molecular flexibility index (Phi) is 5.26. The number of piperidine rings is 1. The van der Waals surface area contributed by atoms with Gasteiger partial charge in [0.15, 0.2) is 0 Å². The number of likely N-dealkylation sites (tertiary alicyclic amines) is 1. The van der Waals surface area contributed by atoms with Gasteiger partial charge in [-0.2, -0.15) is 0 Å². The Morgan fingerprint density at radius 3 is 2.68 bits per heavy atom. The molecule has 0 saturated carbocycles. The van der Waals surface area contributed by atoms with E-state index in [2.05, 4.69) is 4.98 Å². The van der Waals surface area contributed by atoms with Crippen molar-refractivity contribution in [2.24, 2.45) is 5.92 Å². The largest absolute Gasteiger partial charge is 0.506 e. The van der Waals surface area contributed by atoms with E-state index in [9.17, 15) is 18.7 Å². The lowest BCUT2D eigenvalue weighted by Gasteiger charge is -2.32. The first-order valence-electron chi connectivity index (χ1n) is 8.42. The van der Waals surface area contributed by atoms with Crippen molar-refractivity contribution in [3.63, 3.8) is 0 Å². The van der Waals surface area contributed by atoms with Crippen LogP contribution in [0.2, 0.25) is 0 Å². The van der Waals surface area contributed by atoms with E-state index in [-0.39, 0.29) is 23.1 Å². The molecule has 1 N–H and O–H groups in total. The quantitative estimate of drug-likeness (QED) is 0.921. The van der Waals surface area contributed by atoms with Crippen molar-refractivity contribution in [3.05, 3.63) is 59.4 Å². The minimum absolute atomic E-state index is 0.0139. The highest BCUT2D eigenvalue weighted by Crippen LogP contribution is 2.24. The zero-order chi connectivity index (χ0) is 17.8. The lowest BCUT2D eigenvalue weighted by Crippen LogP contribution is -2.40. The van der Waals surface area contributed by atoms with Crippen molar-refractivity contribution in [3.8, 4) is 5.75 Å². The summed E-state index contributed by atoms with van der Waals surface area (Å²) < 4.78 is 27.5. The number of carbonyl (C=O) groups is 1. The Labute approximate surface area is 145 Å². The monoisotopic (exact) mass is 346 g/mol. The van der Waals surface area contributed by atoms with Crippen LogP contribution in [0.1, 0.15) is 35.3 Å². The molecule has 132 valence electrons. The molecule has 6 heteroatoms. The summed E-state index contributed by atoms with van der Waals surface area (Å²) >= 11 is 0. The van der Waals surface area contributed by atoms with E-state index in [0.717, 1.165) is 12.8 Å². The molecule has 1 aromatic heterocycles. The number of nitrogens with zero attached hydrogens (tertiary/aromatic N) is 2. The molecule has 1 amide bonds. The Balaban J connectivity index is 1.61. The van der Waals surface area contributed by atoms with E-state index in [1.165, 1.54) is 36.5 Å². The zero-order valence-corrected chi connectivity index (χ0v) is 13.8. The van der Waals surface area contributed by atoms with Crippen LogP contribution in [0, 0.1) is 17.6 Å². The van der Waals surface area contributed by atoms with Crippen molar-refractivity contribution in [1.82, 2.24) is 9.88 Å². The SMILES string of the molecule is O=C(c1ccc(O)cn1)N1CCCC(CCc2c(F)cccc2F)C1. The maximum atomic E-state index is 13.7. The van der Waals surface area contributed by atoms with Crippen LogP contribution in [0.5, 0.6) is 5.75 Å². The first-order chi connectivity index (χ1) is 12.0. The molecular weight excluding hydrogens is 326 g/mol. The second-order valence-electron chi connectivity index (χ2n) is 6.40. The first kappa shape index (κ1) is 17.3. The number of aromatic nitrogens is 1. The summed E-state index contributed by atoms with van der Waals surface area (Å²) in [5.41, 5.74) is 0.407. The lowest BCUT2D eigenvalue weighted by molar-refractivity contribution is 0.0662. The minimum Gasteiger partial charge on any atom is -0.506 e. The van der Waals surface area contributed by atoms with Gasteiger partial charge in [-0.1, -0.05) is 6.07 Å². The molecule has 1 unspecified atom stereocenters. The molecule has 1 fully saturated rings. The van der Waals surface area contributed by atoms with E-state index in [1.54, 1.807) is 4.90 Å². The minimum atomic E-state index is -0.517. The number of halogens is 2. The van der Waals surface area contributed by atoms with Crippen LogP contribution in [0.4, 0.5) is 8.78 Å². The summed E-state index contributed by atoms with van der Waals surface area (Å²) in [6, 6.07) is 6.83. The van der Waals surface area contributed by atoms with Crippen molar-refractivity contribution in [2.45, 2.75) is 25.7 Å². The third-order valence-electron chi connectivity index (χ3n) is 4.64. The smallest absolute Gasteiger partial charge is 0.272 e. The average Bonchev–Trinajstić information content (AvgIpc) is 2.62. The molecule has 1 atom stereocenters. The highest BCUT2D eigenvalue weighted by molar-refractivity contribution is 5.92. The number of aromatic hydroxyl groups is 1. The Bertz CT molecular complexity index is 729. The molecule has 1 saturated heterocycles. The standard InChI is InChI=1S/C19H20F2N2O2/c20-16-4-1-5-17(21)15(16)8-6-13-3-2-10-23(12-13)19(25)18-9-7-14(24)11-22-18/h1,4-5,7,9,11,13,24H,2-3,6,8,10,12H2. The lowest BCUT2D eigenvalue weighted by atomic mass is 9.91. The fraction of sp³-hybridized carbons (Fsp3) is 0.368. The van der Waals surface area contributed by atoms with E-state index in [0.29, 0.717) is 31.6 Å². The van der Waals surface area contributed by atoms with Gasteiger partial charge in [-0.3, -0.25) is 4.79 Å². The van der Waals surface area contributed by atoms with Crippen LogP contribution in [-0.4, -0.2) is 34.0 Å². The molecule has 1 aromatic carbocycles. The van der Waals surface area contributed by atoms with Gasteiger partial charge in [0, 0.05) is 18.7 Å². The molecule has 25 heavy (non-hydrogen) atoms. The van der Waals surface area contributed by atoms with Crippen molar-refractivity contribution in [2.75, 3.05) is 13.1 Å². The van der Waals surface area contributed by atoms with Gasteiger partial charge in [-0.15, -0.1) is 0 Å². The van der Waals surface area contributed by atoms with Crippen LogP contribution in [0.3, 0.4) is 0 Å². The topological polar surface area (TPSA) is 53.4 Å². The third-order valence-corrected chi connectivity index (χ3v) is 4.64. The molecule has 0 aliphatic carbocycles. The summed E-state index contributed by atoms with van der Waals surface area (Å²) in [5.74, 6) is -0.996. The molecule has 0 spiro atoms. The predicted molar refractivity (Wildman–Crippen MR) is 89.2 cm³/mol. The Hall–Kier alpha value is -2.50. The van der Waals surface area contributed by atoms with Gasteiger partial charge in [0.25, 0.3) is 5.91 Å². The number of hydrogen-bond donors (Lipinski definition) is 1. The average molecular weight is 346 g/mol. The maximum Gasteiger partial charge on any atom is 0.272 e. The van der Waals surface area contributed by atoms with Gasteiger partial charge in [0.1, 0.15) is 23.1 Å². The number of carbonyl (C=O) groups excluding carboxylic acids is 1. The molecule has 1 aliphatic heterocycles. The second kappa shape index (κ2) is 7.59. The number of pyridine rings is 1. The summed E-state index contributed by atoms with van der Waals surface area (Å²) in [6.07, 6.45) is 3.99. The fourth-order valence-corrected chi connectivity index (χ4v) is 3.28. The summed E-state index contributed by atoms with van der Waals surface area (Å²) in [7, 11) is 0. The number of amides is 1. The first-order valence-corrected chi connectivity index (χ1v) is 8.42. The zero-order valence-electron chi connectivity index (χ0n) is 13.8. The molecule has 0 radical (unpaired) electrons. The Morgan fingerprint density at radius 2 is 2.00 bits per heavy atom. The van der Waals surface area contributed by atoms with E-state index in [1.807, 2.05) is 0 Å². The van der Waals surface area contributed by atoms with E-state index >= 15 is 0 Å². The Morgan fingerprint density at radius 1 is 1.24 bits per heavy atom. The number of rotatable bonds is 4. The highest BCUT2D eigenvalue weighted by Gasteiger charge is 2.25. The second-order valence-corrected chi connectivity index (χ2v) is 6.40. The molecule has 3 rings (SSSR count). The molecule has 0 bridgehead atoms. The van der Waals surface area contributed by atoms with Crippen molar-refractivity contribution >= 4 is 5.91 Å². The maximum absolute atomic E-state index is 13.7. The summed E-state index contributed by atoms with van der Waals surface area (Å²) in [5, 5.41) is 9.27. The molecule has 1 aliphatic rings. The van der Waals surface area contributed by atoms with Gasteiger partial charge < -0.3 is 10.0 Å². The van der Waals surface area contributed by atoms with Gasteiger partial charge in [-0.05, 0) is 55.9 Å². The van der Waals surface area contributed by atoms with Gasteiger partial charge >= 0.3 is 0 Å². The normalized spacial score (nSPS) is 17.5. The van der Waals surface area contributed by atoms with Crippen LogP contribution >= 0.6 is 0 Å². The predicted octanol–water partition coefficient (Wildman–Crippen LogP) is 3.55. The van der Waals surface area contributed by atoms with Crippen molar-refractivity contribution in [1.29, 1.82) is 0 Å². The van der Waals surface area contributed by atoms with E-state index < -0.39 is 11.6 Å². The summed E-state index contributed by atoms with van der Waals surface area (Å²) in [6.45, 7) is 1.20. The van der Waals surface area contributed by atoms with Crippen LogP contribution in [0.15, 0.2) is 36.5 Å². The number of hydrogen-bond acceptors (Lipinski definition) is 3. The fourth-order valence-electron chi connectivity index (χ4n) is 3.28. The van der Waals surface area contributed by atoms with Crippen molar-refractivity contribution < 1.29 is 18.7 Å². The van der Waals surface area contributed by atoms with E-state index in [4.69, 9.17) is 0 Å².